The predicted octanol–water partition coefficient (Wildman–Crippen LogP) is 5.08. The van der Waals surface area contributed by atoms with Crippen LogP contribution in [0.15, 0.2) is 60.2 Å². The van der Waals surface area contributed by atoms with E-state index < -0.39 is 5.97 Å². The Bertz CT molecular complexity index is 698. The van der Waals surface area contributed by atoms with Crippen LogP contribution in [0.25, 0.3) is 6.08 Å². The van der Waals surface area contributed by atoms with E-state index in [0.717, 1.165) is 24.0 Å². The summed E-state index contributed by atoms with van der Waals surface area (Å²) in [5.41, 5.74) is 4.32. The molecular formula is C22H26O3. The fraction of sp³-hybridized carbons (Fsp3) is 0.273. The zero-order valence-electron chi connectivity index (χ0n) is 15.2. The quantitative estimate of drug-likeness (QED) is 0.747. The standard InChI is InChI=1S/C11H14O2.C11H12O/c1-9-5-7-10(8-6-9)3-2-4-11(12)13;1-9(10(2)12)8-11-6-4-3-5-7-11/h5-8H,2-4H2,1H3,(H,12,13);3-8H,1-2H3/b;9-8+. The van der Waals surface area contributed by atoms with E-state index in [-0.39, 0.29) is 12.2 Å². The maximum atomic E-state index is 10.9. The number of benzene rings is 2. The van der Waals surface area contributed by atoms with E-state index in [1.165, 1.54) is 11.1 Å². The Balaban J connectivity index is 0.000000251. The second-order valence-electron chi connectivity index (χ2n) is 6.03. The Labute approximate surface area is 150 Å². The van der Waals surface area contributed by atoms with E-state index >= 15 is 0 Å². The maximum absolute atomic E-state index is 10.9. The SMILES string of the molecule is CC(=O)/C(C)=C/c1ccccc1.Cc1ccc(CCCC(=O)O)cc1. The van der Waals surface area contributed by atoms with Crippen LogP contribution in [0.5, 0.6) is 0 Å². The summed E-state index contributed by atoms with van der Waals surface area (Å²) in [5.74, 6) is -0.592. The normalized spacial score (nSPS) is 10.6. The van der Waals surface area contributed by atoms with Crippen molar-refractivity contribution in [1.29, 1.82) is 0 Å². The molecule has 3 nitrogen and oxygen atoms in total. The highest BCUT2D eigenvalue weighted by Crippen LogP contribution is 2.07. The van der Waals surface area contributed by atoms with Crippen molar-refractivity contribution in [3.63, 3.8) is 0 Å². The first-order valence-corrected chi connectivity index (χ1v) is 8.40. The molecule has 132 valence electrons. The molecule has 3 heteroatoms. The lowest BCUT2D eigenvalue weighted by atomic mass is 10.1. The smallest absolute Gasteiger partial charge is 0.303 e. The van der Waals surface area contributed by atoms with Crippen molar-refractivity contribution in [2.24, 2.45) is 0 Å². The molecule has 0 aliphatic carbocycles. The molecule has 0 aliphatic rings. The van der Waals surface area contributed by atoms with Gasteiger partial charge in [0.05, 0.1) is 0 Å². The van der Waals surface area contributed by atoms with Gasteiger partial charge in [0.2, 0.25) is 0 Å². The molecule has 2 aromatic carbocycles. The van der Waals surface area contributed by atoms with Crippen LogP contribution in [0.4, 0.5) is 0 Å². The van der Waals surface area contributed by atoms with Gasteiger partial charge in [-0.25, -0.2) is 0 Å². The number of ketones is 1. The van der Waals surface area contributed by atoms with Crippen LogP contribution in [-0.4, -0.2) is 16.9 Å². The summed E-state index contributed by atoms with van der Waals surface area (Å²) in [6.45, 7) is 5.45. The van der Waals surface area contributed by atoms with Crippen molar-refractivity contribution >= 4 is 17.8 Å². The molecule has 0 saturated carbocycles. The van der Waals surface area contributed by atoms with Crippen LogP contribution in [0.2, 0.25) is 0 Å². The van der Waals surface area contributed by atoms with Crippen molar-refractivity contribution in [1.82, 2.24) is 0 Å². The summed E-state index contributed by atoms with van der Waals surface area (Å²) in [4.78, 5) is 21.1. The van der Waals surface area contributed by atoms with Gasteiger partial charge in [-0.3, -0.25) is 9.59 Å². The van der Waals surface area contributed by atoms with E-state index in [0.29, 0.717) is 0 Å². The zero-order valence-corrected chi connectivity index (χ0v) is 15.2. The molecular weight excluding hydrogens is 312 g/mol. The van der Waals surface area contributed by atoms with Gasteiger partial charge in [0.15, 0.2) is 5.78 Å². The molecule has 0 saturated heterocycles. The van der Waals surface area contributed by atoms with Crippen molar-refractivity contribution < 1.29 is 14.7 Å². The number of aryl methyl sites for hydroxylation is 2. The van der Waals surface area contributed by atoms with Crippen molar-refractivity contribution in [2.45, 2.75) is 40.0 Å². The molecule has 0 spiro atoms. The van der Waals surface area contributed by atoms with Crippen molar-refractivity contribution in [3.05, 3.63) is 76.9 Å². The van der Waals surface area contributed by atoms with Gasteiger partial charge in [0, 0.05) is 6.42 Å². The Morgan fingerprint density at radius 2 is 1.56 bits per heavy atom. The molecule has 0 amide bonds. The minimum Gasteiger partial charge on any atom is -0.481 e. The summed E-state index contributed by atoms with van der Waals surface area (Å²) in [5, 5.41) is 8.44. The third-order valence-electron chi connectivity index (χ3n) is 3.71. The molecule has 2 aromatic rings. The average molecular weight is 338 g/mol. The van der Waals surface area contributed by atoms with Gasteiger partial charge in [-0.05, 0) is 56.4 Å². The van der Waals surface area contributed by atoms with Gasteiger partial charge in [-0.2, -0.15) is 0 Å². The number of allylic oxidation sites excluding steroid dienone is 1. The van der Waals surface area contributed by atoms with Crippen LogP contribution >= 0.6 is 0 Å². The Hall–Kier alpha value is -2.68. The molecule has 1 N–H and O–H groups in total. The molecule has 0 atom stereocenters. The van der Waals surface area contributed by atoms with Crippen LogP contribution < -0.4 is 0 Å². The van der Waals surface area contributed by atoms with E-state index in [4.69, 9.17) is 5.11 Å². The highest BCUT2D eigenvalue weighted by atomic mass is 16.4. The number of hydrogen-bond donors (Lipinski definition) is 1. The summed E-state index contributed by atoms with van der Waals surface area (Å²) >= 11 is 0. The largest absolute Gasteiger partial charge is 0.481 e. The second-order valence-corrected chi connectivity index (χ2v) is 6.03. The molecule has 0 unspecified atom stereocenters. The first kappa shape index (κ1) is 20.4. The van der Waals surface area contributed by atoms with Crippen LogP contribution in [0.3, 0.4) is 0 Å². The van der Waals surface area contributed by atoms with Gasteiger partial charge in [-0.15, -0.1) is 0 Å². The maximum Gasteiger partial charge on any atom is 0.303 e. The Morgan fingerprint density at radius 3 is 2.08 bits per heavy atom. The van der Waals surface area contributed by atoms with Gasteiger partial charge in [-0.1, -0.05) is 60.2 Å². The van der Waals surface area contributed by atoms with Crippen molar-refractivity contribution in [2.75, 3.05) is 0 Å². The molecule has 0 heterocycles. The third-order valence-corrected chi connectivity index (χ3v) is 3.71. The monoisotopic (exact) mass is 338 g/mol. The molecule has 2 rings (SSSR count). The average Bonchev–Trinajstić information content (AvgIpc) is 2.58. The topological polar surface area (TPSA) is 54.4 Å². The number of aliphatic carboxylic acids is 1. The van der Waals surface area contributed by atoms with Gasteiger partial charge in [0.25, 0.3) is 0 Å². The second kappa shape index (κ2) is 11.0. The lowest BCUT2D eigenvalue weighted by molar-refractivity contribution is -0.137. The lowest BCUT2D eigenvalue weighted by Gasteiger charge is -1.99. The summed E-state index contributed by atoms with van der Waals surface area (Å²) in [6.07, 6.45) is 3.72. The summed E-state index contributed by atoms with van der Waals surface area (Å²) in [6, 6.07) is 18.0. The Kier molecular flexibility index (Phi) is 8.94. The number of carboxylic acids is 1. The highest BCUT2D eigenvalue weighted by Gasteiger charge is 1.97. The molecule has 0 radical (unpaired) electrons. The fourth-order valence-electron chi connectivity index (χ4n) is 2.10. The van der Waals surface area contributed by atoms with Crippen LogP contribution in [0, 0.1) is 6.92 Å². The number of carbonyl (C=O) groups excluding carboxylic acids is 1. The number of carboxylic acid groups (broad SMARTS) is 1. The molecule has 0 bridgehead atoms. The lowest BCUT2D eigenvalue weighted by Crippen LogP contribution is -1.95. The van der Waals surface area contributed by atoms with Gasteiger partial charge >= 0.3 is 5.97 Å². The zero-order chi connectivity index (χ0) is 18.7. The first-order chi connectivity index (χ1) is 11.9. The molecule has 0 fully saturated rings. The minimum absolute atomic E-state index is 0.124. The van der Waals surface area contributed by atoms with Crippen molar-refractivity contribution in [3.8, 4) is 0 Å². The van der Waals surface area contributed by atoms with E-state index in [1.54, 1.807) is 6.92 Å². The van der Waals surface area contributed by atoms with Crippen LogP contribution in [-0.2, 0) is 16.0 Å². The summed E-state index contributed by atoms with van der Waals surface area (Å²) < 4.78 is 0. The molecule has 25 heavy (non-hydrogen) atoms. The van der Waals surface area contributed by atoms with E-state index in [9.17, 15) is 9.59 Å². The predicted molar refractivity (Wildman–Crippen MR) is 103 cm³/mol. The van der Waals surface area contributed by atoms with Crippen LogP contribution in [0.1, 0.15) is 43.4 Å². The highest BCUT2D eigenvalue weighted by molar-refractivity contribution is 5.97. The fourth-order valence-corrected chi connectivity index (χ4v) is 2.10. The number of rotatable bonds is 6. The minimum atomic E-state index is -0.716. The number of hydrogen-bond acceptors (Lipinski definition) is 2. The Morgan fingerprint density at radius 1 is 0.960 bits per heavy atom. The first-order valence-electron chi connectivity index (χ1n) is 8.40. The number of Topliss-reactive ketones (excluding diaryl/α,β-unsaturated/α-hetero) is 1. The van der Waals surface area contributed by atoms with Gasteiger partial charge < -0.3 is 5.11 Å². The van der Waals surface area contributed by atoms with E-state index in [2.05, 4.69) is 24.3 Å². The number of carbonyl (C=O) groups is 2. The molecule has 0 aliphatic heterocycles. The van der Waals surface area contributed by atoms with Gasteiger partial charge in [0.1, 0.15) is 0 Å². The summed E-state index contributed by atoms with van der Waals surface area (Å²) in [7, 11) is 0. The third kappa shape index (κ3) is 9.26. The van der Waals surface area contributed by atoms with E-state index in [1.807, 2.05) is 50.3 Å². The molecule has 0 aromatic heterocycles.